The molecule has 0 bridgehead atoms. The van der Waals surface area contributed by atoms with E-state index in [9.17, 15) is 9.59 Å². The lowest BCUT2D eigenvalue weighted by molar-refractivity contribution is 0.0628. The van der Waals surface area contributed by atoms with E-state index in [-0.39, 0.29) is 5.91 Å². The first-order valence-electron chi connectivity index (χ1n) is 8.09. The van der Waals surface area contributed by atoms with Gasteiger partial charge >= 0.3 is 0 Å². The Labute approximate surface area is 141 Å². The summed E-state index contributed by atoms with van der Waals surface area (Å²) in [5, 5.41) is 0. The number of rotatable bonds is 4. The Bertz CT molecular complexity index is 705. The summed E-state index contributed by atoms with van der Waals surface area (Å²) in [4.78, 5) is 27.8. The summed E-state index contributed by atoms with van der Waals surface area (Å²) in [7, 11) is 0. The van der Waals surface area contributed by atoms with E-state index in [0.717, 1.165) is 19.6 Å². The van der Waals surface area contributed by atoms with Gasteiger partial charge in [-0.1, -0.05) is 30.3 Å². The monoisotopic (exact) mass is 323 g/mol. The molecule has 2 aromatic rings. The molecule has 2 aromatic carbocycles. The minimum absolute atomic E-state index is 0.00498. The fourth-order valence-corrected chi connectivity index (χ4v) is 2.91. The number of nitrogens with two attached hydrogens (primary N) is 1. The van der Waals surface area contributed by atoms with E-state index in [2.05, 4.69) is 17.0 Å². The van der Waals surface area contributed by atoms with Crippen LogP contribution in [0.3, 0.4) is 0 Å². The predicted molar refractivity (Wildman–Crippen MR) is 92.6 cm³/mol. The zero-order chi connectivity index (χ0) is 16.9. The SMILES string of the molecule is NC(=O)c1ccc(C(=O)N2CCN(Cc3ccccc3)CC2)cc1. The third kappa shape index (κ3) is 3.81. The molecule has 0 spiro atoms. The highest BCUT2D eigenvalue weighted by atomic mass is 16.2. The number of carbonyl (C=O) groups is 2. The third-order valence-electron chi connectivity index (χ3n) is 4.32. The summed E-state index contributed by atoms with van der Waals surface area (Å²) < 4.78 is 0. The van der Waals surface area contributed by atoms with Crippen LogP contribution in [0.1, 0.15) is 26.3 Å². The molecule has 0 unspecified atom stereocenters. The highest BCUT2D eigenvalue weighted by Gasteiger charge is 2.22. The molecule has 5 nitrogen and oxygen atoms in total. The van der Waals surface area contributed by atoms with Crippen LogP contribution in [-0.2, 0) is 6.54 Å². The number of primary amides is 1. The van der Waals surface area contributed by atoms with Crippen LogP contribution in [0.15, 0.2) is 54.6 Å². The largest absolute Gasteiger partial charge is 0.366 e. The quantitative estimate of drug-likeness (QED) is 0.932. The van der Waals surface area contributed by atoms with Crippen molar-refractivity contribution in [2.45, 2.75) is 6.54 Å². The Hall–Kier alpha value is -2.66. The van der Waals surface area contributed by atoms with Gasteiger partial charge in [-0.3, -0.25) is 14.5 Å². The van der Waals surface area contributed by atoms with Crippen molar-refractivity contribution in [1.82, 2.24) is 9.80 Å². The van der Waals surface area contributed by atoms with Crippen molar-refractivity contribution in [3.05, 3.63) is 71.3 Å². The van der Waals surface area contributed by atoms with E-state index in [4.69, 9.17) is 5.73 Å². The Morgan fingerprint density at radius 3 is 2.00 bits per heavy atom. The van der Waals surface area contributed by atoms with Crippen LogP contribution in [0, 0.1) is 0 Å². The first-order valence-corrected chi connectivity index (χ1v) is 8.09. The van der Waals surface area contributed by atoms with Crippen LogP contribution < -0.4 is 5.73 Å². The van der Waals surface area contributed by atoms with E-state index >= 15 is 0 Å². The normalized spacial score (nSPS) is 15.2. The Kier molecular flexibility index (Phi) is 4.91. The number of piperazine rings is 1. The lowest BCUT2D eigenvalue weighted by Gasteiger charge is -2.34. The van der Waals surface area contributed by atoms with Gasteiger partial charge < -0.3 is 10.6 Å². The number of benzene rings is 2. The second kappa shape index (κ2) is 7.27. The zero-order valence-electron chi connectivity index (χ0n) is 13.5. The average molecular weight is 323 g/mol. The number of nitrogens with zero attached hydrogens (tertiary/aromatic N) is 2. The molecule has 0 saturated carbocycles. The van der Waals surface area contributed by atoms with Crippen molar-refractivity contribution in [2.75, 3.05) is 26.2 Å². The molecule has 124 valence electrons. The molecule has 0 aliphatic carbocycles. The summed E-state index contributed by atoms with van der Waals surface area (Å²) in [6, 6.07) is 16.9. The molecular weight excluding hydrogens is 302 g/mol. The first-order chi connectivity index (χ1) is 11.6. The molecule has 1 fully saturated rings. The lowest BCUT2D eigenvalue weighted by Crippen LogP contribution is -2.48. The van der Waals surface area contributed by atoms with E-state index < -0.39 is 5.91 Å². The molecule has 2 N–H and O–H groups in total. The van der Waals surface area contributed by atoms with Crippen LogP contribution in [0.2, 0.25) is 0 Å². The number of amides is 2. The molecule has 3 rings (SSSR count). The van der Waals surface area contributed by atoms with Crippen molar-refractivity contribution in [3.63, 3.8) is 0 Å². The molecule has 1 heterocycles. The summed E-state index contributed by atoms with van der Waals surface area (Å²) in [5.74, 6) is -0.478. The number of hydrogen-bond acceptors (Lipinski definition) is 3. The highest BCUT2D eigenvalue weighted by Crippen LogP contribution is 2.12. The van der Waals surface area contributed by atoms with E-state index in [1.807, 2.05) is 23.1 Å². The van der Waals surface area contributed by atoms with Crippen molar-refractivity contribution in [3.8, 4) is 0 Å². The van der Waals surface area contributed by atoms with Gasteiger partial charge in [0, 0.05) is 43.9 Å². The first kappa shape index (κ1) is 16.2. The van der Waals surface area contributed by atoms with Gasteiger partial charge in [0.2, 0.25) is 5.91 Å². The molecule has 5 heteroatoms. The predicted octanol–water partition coefficient (Wildman–Crippen LogP) is 1.74. The fourth-order valence-electron chi connectivity index (χ4n) is 2.91. The molecule has 0 radical (unpaired) electrons. The highest BCUT2D eigenvalue weighted by molar-refractivity contribution is 5.97. The van der Waals surface area contributed by atoms with Gasteiger partial charge in [-0.2, -0.15) is 0 Å². The number of hydrogen-bond donors (Lipinski definition) is 1. The van der Waals surface area contributed by atoms with Gasteiger partial charge in [-0.05, 0) is 29.8 Å². The second-order valence-corrected chi connectivity index (χ2v) is 6.00. The van der Waals surface area contributed by atoms with Gasteiger partial charge in [0.05, 0.1) is 0 Å². The van der Waals surface area contributed by atoms with E-state index in [0.29, 0.717) is 24.2 Å². The second-order valence-electron chi connectivity index (χ2n) is 6.00. The Balaban J connectivity index is 1.56. The Morgan fingerprint density at radius 1 is 0.833 bits per heavy atom. The zero-order valence-corrected chi connectivity index (χ0v) is 13.5. The van der Waals surface area contributed by atoms with E-state index in [1.165, 1.54) is 5.56 Å². The summed E-state index contributed by atoms with van der Waals surface area (Å²) in [6.07, 6.45) is 0. The van der Waals surface area contributed by atoms with Crippen LogP contribution in [0.4, 0.5) is 0 Å². The van der Waals surface area contributed by atoms with Crippen molar-refractivity contribution in [2.24, 2.45) is 5.73 Å². The molecular formula is C19H21N3O2. The van der Waals surface area contributed by atoms with Crippen LogP contribution in [-0.4, -0.2) is 47.8 Å². The summed E-state index contributed by atoms with van der Waals surface area (Å²) in [6.45, 7) is 4.06. The Morgan fingerprint density at radius 2 is 1.42 bits per heavy atom. The fraction of sp³-hybridized carbons (Fsp3) is 0.263. The molecule has 0 aromatic heterocycles. The van der Waals surface area contributed by atoms with Crippen LogP contribution in [0.25, 0.3) is 0 Å². The van der Waals surface area contributed by atoms with Gasteiger partial charge in [-0.25, -0.2) is 0 Å². The lowest BCUT2D eigenvalue weighted by atomic mass is 10.1. The standard InChI is InChI=1S/C19H21N3O2/c20-18(23)16-6-8-17(9-7-16)19(24)22-12-10-21(11-13-22)14-15-4-2-1-3-5-15/h1-9H,10-14H2,(H2,20,23). The topological polar surface area (TPSA) is 66.6 Å². The van der Waals surface area contributed by atoms with Gasteiger partial charge in [0.15, 0.2) is 0 Å². The maximum absolute atomic E-state index is 12.5. The third-order valence-corrected chi connectivity index (χ3v) is 4.32. The van der Waals surface area contributed by atoms with Gasteiger partial charge in [0.1, 0.15) is 0 Å². The van der Waals surface area contributed by atoms with Crippen molar-refractivity contribution < 1.29 is 9.59 Å². The number of carbonyl (C=O) groups excluding carboxylic acids is 2. The van der Waals surface area contributed by atoms with E-state index in [1.54, 1.807) is 24.3 Å². The molecule has 1 aliphatic rings. The van der Waals surface area contributed by atoms with Crippen LogP contribution >= 0.6 is 0 Å². The van der Waals surface area contributed by atoms with Gasteiger partial charge in [-0.15, -0.1) is 0 Å². The minimum Gasteiger partial charge on any atom is -0.366 e. The molecule has 2 amide bonds. The molecule has 24 heavy (non-hydrogen) atoms. The van der Waals surface area contributed by atoms with Gasteiger partial charge in [0.25, 0.3) is 5.91 Å². The minimum atomic E-state index is -0.483. The molecule has 0 atom stereocenters. The molecule has 1 aliphatic heterocycles. The average Bonchev–Trinajstić information content (AvgIpc) is 2.63. The summed E-state index contributed by atoms with van der Waals surface area (Å²) >= 11 is 0. The maximum atomic E-state index is 12.5. The van der Waals surface area contributed by atoms with Crippen LogP contribution in [0.5, 0.6) is 0 Å². The smallest absolute Gasteiger partial charge is 0.253 e. The molecule has 1 saturated heterocycles. The maximum Gasteiger partial charge on any atom is 0.253 e. The summed E-state index contributed by atoms with van der Waals surface area (Å²) in [5.41, 5.74) is 7.52. The van der Waals surface area contributed by atoms with Crippen molar-refractivity contribution >= 4 is 11.8 Å². The van der Waals surface area contributed by atoms with Crippen molar-refractivity contribution in [1.29, 1.82) is 0 Å².